The molecule has 1 rings (SSSR count). The highest BCUT2D eigenvalue weighted by Gasteiger charge is 2.27. The molecule has 0 aromatic carbocycles. The number of hydrogen-bond donors (Lipinski definition) is 0. The van der Waals surface area contributed by atoms with Crippen LogP contribution >= 0.6 is 19.4 Å². The van der Waals surface area contributed by atoms with E-state index in [-0.39, 0.29) is 0 Å². The van der Waals surface area contributed by atoms with Crippen molar-refractivity contribution in [1.29, 1.82) is 0 Å². The van der Waals surface area contributed by atoms with Crippen molar-refractivity contribution in [2.75, 3.05) is 31.1 Å². The molecule has 1 unspecified atom stereocenters. The lowest BCUT2D eigenvalue weighted by molar-refractivity contribution is 0.224. The molecular weight excluding hydrogens is 223 g/mol. The van der Waals surface area contributed by atoms with Crippen molar-refractivity contribution in [3.8, 4) is 0 Å². The summed E-state index contributed by atoms with van der Waals surface area (Å²) in [5.74, 6) is 0.879. The molecule has 0 spiro atoms. The van der Waals surface area contributed by atoms with E-state index in [0.29, 0.717) is 24.8 Å². The van der Waals surface area contributed by atoms with Crippen molar-refractivity contribution < 1.29 is 18.3 Å². The van der Waals surface area contributed by atoms with E-state index in [9.17, 15) is 4.57 Å². The Morgan fingerprint density at radius 3 is 2.43 bits per heavy atom. The molecule has 6 heteroatoms. The second-order valence-electron chi connectivity index (χ2n) is 2.90. The topological polar surface area (TPSA) is 48.1 Å². The summed E-state index contributed by atoms with van der Waals surface area (Å²) in [6.07, 6.45) is 0.358. The lowest BCUT2D eigenvalue weighted by atomic mass is 10.6. The smallest absolute Gasteiger partial charge is 0.340 e. The van der Waals surface area contributed by atoms with Gasteiger partial charge in [-0.15, -0.1) is 11.8 Å². The maximum Gasteiger partial charge on any atom is 0.340 e. The van der Waals surface area contributed by atoms with Crippen LogP contribution in [-0.4, -0.2) is 37.2 Å². The Hall–Kier alpha value is 0.460. The summed E-state index contributed by atoms with van der Waals surface area (Å²) >= 11 is 1.57. The van der Waals surface area contributed by atoms with E-state index < -0.39 is 7.60 Å². The summed E-state index contributed by atoms with van der Waals surface area (Å²) < 4.78 is 27.2. The molecule has 1 aliphatic heterocycles. The predicted octanol–water partition coefficient (Wildman–Crippen LogP) is 2.34. The molecule has 0 amide bonds. The molecule has 0 N–H and O–H groups in total. The highest BCUT2D eigenvalue weighted by Crippen LogP contribution is 2.50. The van der Waals surface area contributed by atoms with Crippen LogP contribution < -0.4 is 0 Å². The zero-order valence-electron chi connectivity index (χ0n) is 8.60. The maximum atomic E-state index is 11.9. The summed E-state index contributed by atoms with van der Waals surface area (Å²) in [4.78, 5) is 0. The molecule has 1 heterocycles. The fraction of sp³-hybridized carbons (Fsp3) is 1.00. The van der Waals surface area contributed by atoms with Crippen LogP contribution in [-0.2, 0) is 18.3 Å². The molecule has 0 aliphatic carbocycles. The fourth-order valence-corrected chi connectivity index (χ4v) is 4.19. The second-order valence-corrected chi connectivity index (χ2v) is 6.41. The zero-order valence-corrected chi connectivity index (χ0v) is 10.3. The molecule has 0 bridgehead atoms. The van der Waals surface area contributed by atoms with E-state index in [2.05, 4.69) is 0 Å². The van der Waals surface area contributed by atoms with Gasteiger partial charge >= 0.3 is 7.60 Å². The van der Waals surface area contributed by atoms with Gasteiger partial charge in [0.2, 0.25) is 0 Å². The number of ether oxygens (including phenoxy) is 1. The monoisotopic (exact) mass is 240 g/mol. The highest BCUT2D eigenvalue weighted by molar-refractivity contribution is 8.04. The van der Waals surface area contributed by atoms with Crippen LogP contribution in [0.1, 0.15) is 13.8 Å². The lowest BCUT2D eigenvalue weighted by Gasteiger charge is -2.15. The van der Waals surface area contributed by atoms with Gasteiger partial charge in [-0.25, -0.2) is 0 Å². The van der Waals surface area contributed by atoms with Crippen LogP contribution in [0.3, 0.4) is 0 Å². The third-order valence-electron chi connectivity index (χ3n) is 1.61. The van der Waals surface area contributed by atoms with Crippen LogP contribution in [0.4, 0.5) is 0 Å². The van der Waals surface area contributed by atoms with Crippen LogP contribution in [0.15, 0.2) is 0 Å². The molecule has 14 heavy (non-hydrogen) atoms. The molecule has 84 valence electrons. The summed E-state index contributed by atoms with van der Waals surface area (Å²) in [7, 11) is -2.84. The normalized spacial score (nSPS) is 21.1. The third kappa shape index (κ3) is 4.80. The number of thioether (sulfide) groups is 1. The first-order valence-electron chi connectivity index (χ1n) is 4.77. The van der Waals surface area contributed by atoms with Gasteiger partial charge in [-0.2, -0.15) is 0 Å². The van der Waals surface area contributed by atoms with Gasteiger partial charge in [-0.05, 0) is 13.8 Å². The van der Waals surface area contributed by atoms with Crippen molar-refractivity contribution >= 4 is 19.4 Å². The van der Waals surface area contributed by atoms with E-state index in [4.69, 9.17) is 13.8 Å². The highest BCUT2D eigenvalue weighted by atomic mass is 32.2. The Bertz CT molecular complexity index is 198. The van der Waals surface area contributed by atoms with E-state index in [1.54, 1.807) is 11.8 Å². The Labute approximate surface area is 89.2 Å². The first kappa shape index (κ1) is 12.5. The fourth-order valence-electron chi connectivity index (χ4n) is 0.965. The van der Waals surface area contributed by atoms with Gasteiger partial charge in [0.15, 0.2) is 0 Å². The summed E-state index contributed by atoms with van der Waals surface area (Å²) in [5, 5.41) is 0. The van der Waals surface area contributed by atoms with Gasteiger partial charge in [-0.1, -0.05) is 0 Å². The molecule has 0 aromatic heterocycles. The third-order valence-corrected chi connectivity index (χ3v) is 5.51. The van der Waals surface area contributed by atoms with E-state index >= 15 is 0 Å². The van der Waals surface area contributed by atoms with E-state index in [0.717, 1.165) is 12.4 Å². The SMILES string of the molecule is CCOP(=O)(CSCC1CO1)OCC. The number of rotatable bonds is 8. The minimum atomic E-state index is -2.84. The first-order chi connectivity index (χ1) is 6.70. The van der Waals surface area contributed by atoms with Crippen molar-refractivity contribution in [3.63, 3.8) is 0 Å². The van der Waals surface area contributed by atoms with E-state index in [1.807, 2.05) is 13.8 Å². The molecule has 1 saturated heterocycles. The van der Waals surface area contributed by atoms with Crippen LogP contribution in [0.2, 0.25) is 0 Å². The van der Waals surface area contributed by atoms with Crippen molar-refractivity contribution in [2.24, 2.45) is 0 Å². The Kier molecular flexibility index (Phi) is 5.49. The summed E-state index contributed by atoms with van der Waals surface area (Å²) in [6.45, 7) is 5.33. The predicted molar refractivity (Wildman–Crippen MR) is 57.9 cm³/mol. The average molecular weight is 240 g/mol. The quantitative estimate of drug-likeness (QED) is 0.481. The molecule has 1 fully saturated rings. The number of hydrogen-bond acceptors (Lipinski definition) is 5. The van der Waals surface area contributed by atoms with Gasteiger partial charge < -0.3 is 13.8 Å². The lowest BCUT2D eigenvalue weighted by Crippen LogP contribution is -1.99. The molecule has 0 radical (unpaired) electrons. The maximum absolute atomic E-state index is 11.9. The van der Waals surface area contributed by atoms with Gasteiger partial charge in [0.25, 0.3) is 0 Å². The molecule has 1 atom stereocenters. The molecule has 0 aromatic rings. The summed E-state index contributed by atoms with van der Waals surface area (Å²) in [5.41, 5.74) is 0.425. The van der Waals surface area contributed by atoms with Crippen molar-refractivity contribution in [1.82, 2.24) is 0 Å². The molecular formula is C8H17O4PS. The van der Waals surface area contributed by atoms with Gasteiger partial charge in [-0.3, -0.25) is 4.57 Å². The van der Waals surface area contributed by atoms with Gasteiger partial charge in [0.05, 0.1) is 31.4 Å². The van der Waals surface area contributed by atoms with Gasteiger partial charge in [0.1, 0.15) is 0 Å². The minimum Gasteiger partial charge on any atom is -0.372 e. The van der Waals surface area contributed by atoms with E-state index in [1.165, 1.54) is 0 Å². The average Bonchev–Trinajstić information content (AvgIpc) is 2.89. The standard InChI is InChI=1S/C8H17O4PS/c1-3-11-13(9,12-4-2)7-14-6-8-5-10-8/h8H,3-7H2,1-2H3. The molecule has 1 aliphatic rings. The Balaban J connectivity index is 2.21. The van der Waals surface area contributed by atoms with Gasteiger partial charge in [0, 0.05) is 5.75 Å². The van der Waals surface area contributed by atoms with Crippen LogP contribution in [0.5, 0.6) is 0 Å². The van der Waals surface area contributed by atoms with Crippen LogP contribution in [0, 0.1) is 0 Å². The molecule has 4 nitrogen and oxygen atoms in total. The first-order valence-corrected chi connectivity index (χ1v) is 7.66. The largest absolute Gasteiger partial charge is 0.372 e. The second kappa shape index (κ2) is 6.13. The Morgan fingerprint density at radius 2 is 2.00 bits per heavy atom. The molecule has 0 saturated carbocycles. The summed E-state index contributed by atoms with van der Waals surface area (Å²) in [6, 6.07) is 0. The Morgan fingerprint density at radius 1 is 1.43 bits per heavy atom. The zero-order chi connectivity index (χ0) is 10.4. The minimum absolute atomic E-state index is 0.358. The van der Waals surface area contributed by atoms with Crippen LogP contribution in [0.25, 0.3) is 0 Å². The number of epoxide rings is 1. The van der Waals surface area contributed by atoms with Crippen molar-refractivity contribution in [3.05, 3.63) is 0 Å². The van der Waals surface area contributed by atoms with Crippen molar-refractivity contribution in [2.45, 2.75) is 20.0 Å².